The number of para-hydroxylation sites is 1. The molecule has 4 nitrogen and oxygen atoms in total. The molecule has 0 heterocycles. The normalized spacial score (nSPS) is 9.17. The lowest BCUT2D eigenvalue weighted by molar-refractivity contribution is -0.120. The van der Waals surface area contributed by atoms with Crippen LogP contribution in [0.3, 0.4) is 0 Å². The minimum Gasteiger partial charge on any atom is -0.489 e. The number of ether oxygens (including phenoxy) is 1. The summed E-state index contributed by atoms with van der Waals surface area (Å²) < 4.78 is 5.49. The molecule has 0 aliphatic heterocycles. The lowest BCUT2D eigenvalue weighted by atomic mass is 10.2. The van der Waals surface area contributed by atoms with Crippen molar-refractivity contribution in [1.82, 2.24) is 10.6 Å². The first-order valence-electron chi connectivity index (χ1n) is 5.50. The Morgan fingerprint density at radius 2 is 2.17 bits per heavy atom. The molecule has 1 amide bonds. The van der Waals surface area contributed by atoms with E-state index in [4.69, 9.17) is 4.74 Å². The number of amides is 1. The van der Waals surface area contributed by atoms with Crippen molar-refractivity contribution in [2.75, 3.05) is 20.2 Å². The van der Waals surface area contributed by atoms with E-state index in [0.29, 0.717) is 19.7 Å². The van der Waals surface area contributed by atoms with E-state index < -0.39 is 0 Å². The Morgan fingerprint density at radius 3 is 2.83 bits per heavy atom. The number of carbonyl (C=O) groups excluding carboxylic acids is 1. The van der Waals surface area contributed by atoms with Crippen molar-refractivity contribution in [3.8, 4) is 5.75 Å². The summed E-state index contributed by atoms with van der Waals surface area (Å²) in [5.41, 5.74) is 0.957. The Bertz CT molecular complexity index is 383. The van der Waals surface area contributed by atoms with Crippen LogP contribution >= 0.6 is 12.4 Å². The Kier molecular flexibility index (Phi) is 8.70. The van der Waals surface area contributed by atoms with Gasteiger partial charge < -0.3 is 15.4 Å². The molecule has 1 rings (SSSR count). The fraction of sp³-hybridized carbons (Fsp3) is 0.308. The molecule has 0 atom stereocenters. The molecule has 0 aliphatic rings. The summed E-state index contributed by atoms with van der Waals surface area (Å²) in [6.07, 6.45) is 1.69. The Morgan fingerprint density at radius 1 is 1.44 bits per heavy atom. The molecular weight excluding hydrogens is 252 g/mol. The van der Waals surface area contributed by atoms with E-state index in [1.54, 1.807) is 13.1 Å². The molecule has 1 aromatic carbocycles. The first-order chi connectivity index (χ1) is 8.27. The second-order valence-electron chi connectivity index (χ2n) is 3.51. The SMILES string of the molecule is C=CCOc1ccccc1CNC(=O)CNC.Cl. The first-order valence-corrected chi connectivity index (χ1v) is 5.50. The molecule has 0 saturated carbocycles. The third kappa shape index (κ3) is 5.70. The Labute approximate surface area is 114 Å². The van der Waals surface area contributed by atoms with Gasteiger partial charge in [0.2, 0.25) is 5.91 Å². The lowest BCUT2D eigenvalue weighted by Gasteiger charge is -2.10. The van der Waals surface area contributed by atoms with Crippen molar-refractivity contribution in [3.63, 3.8) is 0 Å². The fourth-order valence-corrected chi connectivity index (χ4v) is 1.36. The standard InChI is InChI=1S/C13H18N2O2.ClH/c1-3-8-17-12-7-5-4-6-11(12)9-15-13(16)10-14-2;/h3-7,14H,1,8-10H2,2H3,(H,15,16);1H. The zero-order valence-corrected chi connectivity index (χ0v) is 11.3. The number of nitrogens with one attached hydrogen (secondary N) is 2. The maximum Gasteiger partial charge on any atom is 0.234 e. The molecule has 0 aliphatic carbocycles. The smallest absolute Gasteiger partial charge is 0.234 e. The summed E-state index contributed by atoms with van der Waals surface area (Å²) >= 11 is 0. The molecule has 100 valence electrons. The topological polar surface area (TPSA) is 50.4 Å². The van der Waals surface area contributed by atoms with Gasteiger partial charge in [-0.3, -0.25) is 4.79 Å². The van der Waals surface area contributed by atoms with E-state index in [0.717, 1.165) is 11.3 Å². The van der Waals surface area contributed by atoms with Crippen LogP contribution in [0.2, 0.25) is 0 Å². The lowest BCUT2D eigenvalue weighted by Crippen LogP contribution is -2.31. The summed E-state index contributed by atoms with van der Waals surface area (Å²) in [5, 5.41) is 5.61. The van der Waals surface area contributed by atoms with Gasteiger partial charge in [-0.15, -0.1) is 12.4 Å². The molecule has 5 heteroatoms. The van der Waals surface area contributed by atoms with Gasteiger partial charge >= 0.3 is 0 Å². The Balaban J connectivity index is 0.00000289. The zero-order valence-electron chi connectivity index (χ0n) is 10.4. The zero-order chi connectivity index (χ0) is 12.5. The first kappa shape index (κ1) is 16.5. The quantitative estimate of drug-likeness (QED) is 0.739. The maximum absolute atomic E-state index is 11.3. The molecule has 0 unspecified atom stereocenters. The van der Waals surface area contributed by atoms with Gasteiger partial charge in [0.05, 0.1) is 6.54 Å². The van der Waals surface area contributed by atoms with E-state index >= 15 is 0 Å². The molecular formula is C13H19ClN2O2. The number of hydrogen-bond donors (Lipinski definition) is 2. The highest BCUT2D eigenvalue weighted by molar-refractivity contribution is 5.85. The predicted octanol–water partition coefficient (Wildman–Crippen LogP) is 1.51. The van der Waals surface area contributed by atoms with Crippen LogP contribution < -0.4 is 15.4 Å². The van der Waals surface area contributed by atoms with Crippen LogP contribution in [0.1, 0.15) is 5.56 Å². The number of halogens is 1. The van der Waals surface area contributed by atoms with Gasteiger partial charge in [-0.1, -0.05) is 30.9 Å². The third-order valence-electron chi connectivity index (χ3n) is 2.14. The molecule has 1 aromatic rings. The largest absolute Gasteiger partial charge is 0.489 e. The van der Waals surface area contributed by atoms with Gasteiger partial charge in [0.25, 0.3) is 0 Å². The average molecular weight is 271 g/mol. The van der Waals surface area contributed by atoms with Crippen molar-refractivity contribution < 1.29 is 9.53 Å². The van der Waals surface area contributed by atoms with E-state index in [1.807, 2.05) is 24.3 Å². The molecule has 0 spiro atoms. The number of hydrogen-bond acceptors (Lipinski definition) is 3. The number of benzene rings is 1. The van der Waals surface area contributed by atoms with Crippen molar-refractivity contribution in [2.45, 2.75) is 6.54 Å². The second-order valence-corrected chi connectivity index (χ2v) is 3.51. The summed E-state index contributed by atoms with van der Waals surface area (Å²) in [4.78, 5) is 11.3. The van der Waals surface area contributed by atoms with Crippen LogP contribution in [-0.2, 0) is 11.3 Å². The van der Waals surface area contributed by atoms with Crippen molar-refractivity contribution in [3.05, 3.63) is 42.5 Å². The van der Waals surface area contributed by atoms with Crippen molar-refractivity contribution in [1.29, 1.82) is 0 Å². The Hall–Kier alpha value is -1.52. The van der Waals surface area contributed by atoms with Crippen LogP contribution in [-0.4, -0.2) is 26.1 Å². The molecule has 0 saturated heterocycles. The van der Waals surface area contributed by atoms with Gasteiger partial charge in [-0.05, 0) is 13.1 Å². The monoisotopic (exact) mass is 270 g/mol. The third-order valence-corrected chi connectivity index (χ3v) is 2.14. The molecule has 0 bridgehead atoms. The van der Waals surface area contributed by atoms with Gasteiger partial charge in [-0.25, -0.2) is 0 Å². The van der Waals surface area contributed by atoms with Gasteiger partial charge in [0.15, 0.2) is 0 Å². The molecule has 2 N–H and O–H groups in total. The van der Waals surface area contributed by atoms with Gasteiger partial charge in [0, 0.05) is 12.1 Å². The van der Waals surface area contributed by atoms with Crippen LogP contribution in [0.5, 0.6) is 5.75 Å². The summed E-state index contributed by atoms with van der Waals surface area (Å²) in [5.74, 6) is 0.739. The van der Waals surface area contributed by atoms with E-state index in [2.05, 4.69) is 17.2 Å². The van der Waals surface area contributed by atoms with Crippen LogP contribution in [0.15, 0.2) is 36.9 Å². The second kappa shape index (κ2) is 9.50. The van der Waals surface area contributed by atoms with Crippen molar-refractivity contribution in [2.24, 2.45) is 0 Å². The molecule has 0 radical (unpaired) electrons. The van der Waals surface area contributed by atoms with E-state index in [9.17, 15) is 4.79 Å². The number of likely N-dealkylation sites (N-methyl/N-ethyl adjacent to an activating group) is 1. The highest BCUT2D eigenvalue weighted by atomic mass is 35.5. The van der Waals surface area contributed by atoms with Gasteiger partial charge in [0.1, 0.15) is 12.4 Å². The number of carbonyl (C=O) groups is 1. The minimum atomic E-state index is -0.0361. The molecule has 0 aromatic heterocycles. The van der Waals surface area contributed by atoms with E-state index in [-0.39, 0.29) is 18.3 Å². The summed E-state index contributed by atoms with van der Waals surface area (Å²) in [6, 6.07) is 7.62. The number of rotatable bonds is 7. The minimum absolute atomic E-state index is 0. The van der Waals surface area contributed by atoms with Gasteiger partial charge in [-0.2, -0.15) is 0 Å². The highest BCUT2D eigenvalue weighted by Crippen LogP contribution is 2.17. The predicted molar refractivity (Wildman–Crippen MR) is 75.2 cm³/mol. The van der Waals surface area contributed by atoms with Crippen LogP contribution in [0.4, 0.5) is 0 Å². The van der Waals surface area contributed by atoms with Crippen molar-refractivity contribution >= 4 is 18.3 Å². The maximum atomic E-state index is 11.3. The molecule has 0 fully saturated rings. The molecule has 18 heavy (non-hydrogen) atoms. The highest BCUT2D eigenvalue weighted by Gasteiger charge is 2.04. The average Bonchev–Trinajstić information content (AvgIpc) is 2.35. The summed E-state index contributed by atoms with van der Waals surface area (Å²) in [6.45, 7) is 4.84. The fourth-order valence-electron chi connectivity index (χ4n) is 1.36. The van der Waals surface area contributed by atoms with Crippen LogP contribution in [0, 0.1) is 0 Å². The van der Waals surface area contributed by atoms with E-state index in [1.165, 1.54) is 0 Å². The summed E-state index contributed by atoms with van der Waals surface area (Å²) in [7, 11) is 1.74. The van der Waals surface area contributed by atoms with Crippen LogP contribution in [0.25, 0.3) is 0 Å².